The van der Waals surface area contributed by atoms with Gasteiger partial charge < -0.3 is 5.32 Å². The van der Waals surface area contributed by atoms with Crippen molar-refractivity contribution < 1.29 is 4.39 Å². The molecule has 1 unspecified atom stereocenters. The van der Waals surface area contributed by atoms with Crippen molar-refractivity contribution in [3.63, 3.8) is 0 Å². The first-order chi connectivity index (χ1) is 9.16. The van der Waals surface area contributed by atoms with E-state index in [0.29, 0.717) is 12.5 Å². The van der Waals surface area contributed by atoms with Gasteiger partial charge in [-0.15, -0.1) is 0 Å². The Labute approximate surface area is 114 Å². The zero-order valence-electron chi connectivity index (χ0n) is 11.5. The minimum atomic E-state index is -0.168. The molecule has 2 heteroatoms. The highest BCUT2D eigenvalue weighted by Crippen LogP contribution is 2.14. The zero-order valence-corrected chi connectivity index (χ0v) is 11.5. The van der Waals surface area contributed by atoms with Crippen molar-refractivity contribution in [2.24, 2.45) is 0 Å². The van der Waals surface area contributed by atoms with Gasteiger partial charge in [-0.05, 0) is 41.7 Å². The number of nitrogens with one attached hydrogen (secondary N) is 1. The van der Waals surface area contributed by atoms with E-state index in [2.05, 4.69) is 36.5 Å². The molecular weight excluding hydrogens is 237 g/mol. The molecule has 0 heterocycles. The molecule has 0 aromatic heterocycles. The summed E-state index contributed by atoms with van der Waals surface area (Å²) in [6.07, 6.45) is 0. The molecule has 1 N–H and O–H groups in total. The van der Waals surface area contributed by atoms with Crippen LogP contribution in [0.15, 0.2) is 48.5 Å². The highest BCUT2D eigenvalue weighted by atomic mass is 19.1. The largest absolute Gasteiger partial charge is 0.312 e. The van der Waals surface area contributed by atoms with Crippen molar-refractivity contribution in [2.45, 2.75) is 26.3 Å². The molecule has 100 valence electrons. The molecule has 0 aliphatic rings. The van der Waals surface area contributed by atoms with Gasteiger partial charge in [-0.2, -0.15) is 0 Å². The number of benzene rings is 2. The second-order valence-electron chi connectivity index (χ2n) is 5.01. The van der Waals surface area contributed by atoms with Crippen LogP contribution in [-0.2, 0) is 6.54 Å². The van der Waals surface area contributed by atoms with Gasteiger partial charge >= 0.3 is 0 Å². The topological polar surface area (TPSA) is 12.0 Å². The van der Waals surface area contributed by atoms with Gasteiger partial charge in [0.1, 0.15) is 5.82 Å². The summed E-state index contributed by atoms with van der Waals surface area (Å²) in [4.78, 5) is 0. The number of hydrogen-bond donors (Lipinski definition) is 1. The maximum Gasteiger partial charge on any atom is 0.123 e. The van der Waals surface area contributed by atoms with Gasteiger partial charge in [-0.1, -0.05) is 43.3 Å². The average molecular weight is 257 g/mol. The first-order valence-corrected chi connectivity index (χ1v) is 6.67. The molecule has 0 fully saturated rings. The number of aryl methyl sites for hydroxylation is 1. The Morgan fingerprint density at radius 3 is 2.58 bits per heavy atom. The maximum absolute atomic E-state index is 13.2. The van der Waals surface area contributed by atoms with Gasteiger partial charge in [-0.3, -0.25) is 0 Å². The predicted octanol–water partition coefficient (Wildman–Crippen LogP) is 4.03. The first-order valence-electron chi connectivity index (χ1n) is 6.67. The van der Waals surface area contributed by atoms with Crippen LogP contribution in [0.5, 0.6) is 0 Å². The van der Waals surface area contributed by atoms with E-state index in [1.165, 1.54) is 11.6 Å². The minimum absolute atomic E-state index is 0.168. The van der Waals surface area contributed by atoms with Crippen LogP contribution in [0.1, 0.15) is 29.5 Å². The molecule has 0 saturated heterocycles. The van der Waals surface area contributed by atoms with E-state index in [0.717, 1.165) is 17.7 Å². The summed E-state index contributed by atoms with van der Waals surface area (Å²) in [5.41, 5.74) is 3.48. The maximum atomic E-state index is 13.2. The van der Waals surface area contributed by atoms with Gasteiger partial charge in [0.2, 0.25) is 0 Å². The number of halogens is 1. The van der Waals surface area contributed by atoms with Crippen LogP contribution >= 0.6 is 0 Å². The highest BCUT2D eigenvalue weighted by molar-refractivity contribution is 5.26. The van der Waals surface area contributed by atoms with Gasteiger partial charge in [-0.25, -0.2) is 4.39 Å². The van der Waals surface area contributed by atoms with Crippen molar-refractivity contribution in [1.82, 2.24) is 5.32 Å². The van der Waals surface area contributed by atoms with Crippen LogP contribution in [0.3, 0.4) is 0 Å². The summed E-state index contributed by atoms with van der Waals surface area (Å²) in [6.45, 7) is 5.80. The van der Waals surface area contributed by atoms with E-state index < -0.39 is 0 Å². The smallest absolute Gasteiger partial charge is 0.123 e. The Morgan fingerprint density at radius 2 is 1.84 bits per heavy atom. The monoisotopic (exact) mass is 257 g/mol. The molecule has 0 spiro atoms. The van der Waals surface area contributed by atoms with Crippen molar-refractivity contribution >= 4 is 0 Å². The van der Waals surface area contributed by atoms with Gasteiger partial charge in [0.25, 0.3) is 0 Å². The second-order valence-corrected chi connectivity index (χ2v) is 5.01. The lowest BCUT2D eigenvalue weighted by Gasteiger charge is -2.14. The van der Waals surface area contributed by atoms with Crippen LogP contribution in [0.4, 0.5) is 4.39 Å². The molecule has 0 saturated carbocycles. The summed E-state index contributed by atoms with van der Waals surface area (Å²) >= 11 is 0. The van der Waals surface area contributed by atoms with E-state index in [9.17, 15) is 4.39 Å². The quantitative estimate of drug-likeness (QED) is 0.852. The number of rotatable bonds is 5. The Hall–Kier alpha value is -1.67. The Kier molecular flexibility index (Phi) is 4.69. The van der Waals surface area contributed by atoms with Crippen LogP contribution in [0.25, 0.3) is 0 Å². The summed E-state index contributed by atoms with van der Waals surface area (Å²) in [5.74, 6) is 0.286. The lowest BCUT2D eigenvalue weighted by Crippen LogP contribution is -2.20. The fourth-order valence-corrected chi connectivity index (χ4v) is 2.15. The molecule has 2 aromatic rings. The molecule has 0 radical (unpaired) electrons. The van der Waals surface area contributed by atoms with E-state index in [1.807, 2.05) is 19.1 Å². The van der Waals surface area contributed by atoms with Crippen molar-refractivity contribution in [3.8, 4) is 0 Å². The highest BCUT2D eigenvalue weighted by Gasteiger charge is 2.05. The third-order valence-electron chi connectivity index (χ3n) is 3.45. The molecule has 1 nitrogen and oxygen atoms in total. The third-order valence-corrected chi connectivity index (χ3v) is 3.45. The minimum Gasteiger partial charge on any atom is -0.312 e. The molecule has 19 heavy (non-hydrogen) atoms. The molecule has 2 rings (SSSR count). The normalized spacial score (nSPS) is 12.4. The molecule has 0 aliphatic carbocycles. The predicted molar refractivity (Wildman–Crippen MR) is 77.7 cm³/mol. The average Bonchev–Trinajstić information content (AvgIpc) is 2.43. The number of hydrogen-bond acceptors (Lipinski definition) is 1. The van der Waals surface area contributed by atoms with Gasteiger partial charge in [0.05, 0.1) is 0 Å². The van der Waals surface area contributed by atoms with Gasteiger partial charge in [0, 0.05) is 13.1 Å². The lowest BCUT2D eigenvalue weighted by molar-refractivity contribution is 0.601. The molecule has 0 bridgehead atoms. The van der Waals surface area contributed by atoms with Crippen LogP contribution in [0, 0.1) is 12.7 Å². The molecular formula is C17H20FN. The van der Waals surface area contributed by atoms with Crippen LogP contribution < -0.4 is 5.32 Å². The van der Waals surface area contributed by atoms with Crippen molar-refractivity contribution in [1.29, 1.82) is 0 Å². The lowest BCUT2D eigenvalue weighted by atomic mass is 10.0. The van der Waals surface area contributed by atoms with Crippen LogP contribution in [-0.4, -0.2) is 6.54 Å². The Bertz CT molecular complexity index is 522. The Morgan fingerprint density at radius 1 is 1.11 bits per heavy atom. The van der Waals surface area contributed by atoms with E-state index in [-0.39, 0.29) is 5.82 Å². The summed E-state index contributed by atoms with van der Waals surface area (Å²) in [5, 5.41) is 3.40. The summed E-state index contributed by atoms with van der Waals surface area (Å²) < 4.78 is 13.2. The van der Waals surface area contributed by atoms with E-state index >= 15 is 0 Å². The molecule has 1 atom stereocenters. The second kappa shape index (κ2) is 6.48. The van der Waals surface area contributed by atoms with Crippen LogP contribution in [0.2, 0.25) is 0 Å². The van der Waals surface area contributed by atoms with E-state index in [1.54, 1.807) is 6.07 Å². The molecule has 0 aliphatic heterocycles. The standard InChI is InChI=1S/C17H20FN/c1-13-8-9-17(18)10-16(13)12-19-11-14(2)15-6-4-3-5-7-15/h3-10,14,19H,11-12H2,1-2H3. The zero-order chi connectivity index (χ0) is 13.7. The van der Waals surface area contributed by atoms with Crippen molar-refractivity contribution in [3.05, 3.63) is 71.0 Å². The van der Waals surface area contributed by atoms with E-state index in [4.69, 9.17) is 0 Å². The Balaban J connectivity index is 1.88. The molecule has 0 amide bonds. The molecule has 2 aromatic carbocycles. The fourth-order valence-electron chi connectivity index (χ4n) is 2.15. The third kappa shape index (κ3) is 3.90. The summed E-state index contributed by atoms with van der Waals surface area (Å²) in [7, 11) is 0. The SMILES string of the molecule is Cc1ccc(F)cc1CNCC(C)c1ccccc1. The van der Waals surface area contributed by atoms with Crippen molar-refractivity contribution in [2.75, 3.05) is 6.54 Å². The summed E-state index contributed by atoms with van der Waals surface area (Å²) in [6, 6.07) is 15.4. The fraction of sp³-hybridized carbons (Fsp3) is 0.294. The van der Waals surface area contributed by atoms with Gasteiger partial charge in [0.15, 0.2) is 0 Å². The first kappa shape index (κ1) is 13.8.